The summed E-state index contributed by atoms with van der Waals surface area (Å²) < 4.78 is 15.3. The Morgan fingerprint density at radius 1 is 0.981 bits per heavy atom. The van der Waals surface area contributed by atoms with Gasteiger partial charge < -0.3 is 40.2 Å². The van der Waals surface area contributed by atoms with E-state index in [2.05, 4.69) is 10.6 Å². The number of hydrogen-bond donors (Lipinski definition) is 5. The maximum Gasteiger partial charge on any atom is 0.339 e. The van der Waals surface area contributed by atoms with E-state index in [-0.39, 0.29) is 62.0 Å². The summed E-state index contributed by atoms with van der Waals surface area (Å²) in [6.45, 7) is 9.70. The first kappa shape index (κ1) is 39.0. The van der Waals surface area contributed by atoms with Crippen molar-refractivity contribution in [2.45, 2.75) is 60.0 Å². The third-order valence-corrected chi connectivity index (χ3v) is 10.1. The second-order valence-corrected chi connectivity index (χ2v) is 13.1. The van der Waals surface area contributed by atoms with Crippen LogP contribution in [0, 0.1) is 11.8 Å². The molecular formula is C39H47N5O9. The second-order valence-electron chi connectivity index (χ2n) is 13.1. The number of hydrogen-bond acceptors (Lipinski definition) is 13. The van der Waals surface area contributed by atoms with Crippen LogP contribution in [0.5, 0.6) is 0 Å². The number of aliphatic hydroxyl groups excluding tert-OH is 3. The van der Waals surface area contributed by atoms with E-state index < -0.39 is 29.9 Å². The zero-order chi connectivity index (χ0) is 38.6. The molecule has 0 radical (unpaired) electrons. The highest BCUT2D eigenvalue weighted by molar-refractivity contribution is 6.32. The molecule has 0 spiro atoms. The molecule has 3 atom stereocenters. The molecule has 1 saturated heterocycles. The molecule has 5 aliphatic heterocycles. The van der Waals surface area contributed by atoms with Crippen molar-refractivity contribution in [3.05, 3.63) is 92.0 Å². The van der Waals surface area contributed by atoms with Crippen molar-refractivity contribution in [2.75, 3.05) is 40.6 Å². The lowest BCUT2D eigenvalue weighted by Gasteiger charge is -2.22. The Bertz CT molecular complexity index is 1950. The Labute approximate surface area is 308 Å². The molecule has 14 nitrogen and oxygen atoms in total. The molecule has 0 aromatic carbocycles. The highest BCUT2D eigenvalue weighted by Gasteiger charge is 2.43. The van der Waals surface area contributed by atoms with Gasteiger partial charge in [0.05, 0.1) is 80.1 Å². The fourth-order valence-corrected chi connectivity index (χ4v) is 7.10. The highest BCUT2D eigenvalue weighted by atomic mass is 16.5. The van der Waals surface area contributed by atoms with Crippen LogP contribution in [0.15, 0.2) is 107 Å². The molecule has 5 rings (SSSR count). The molecule has 53 heavy (non-hydrogen) atoms. The van der Waals surface area contributed by atoms with Gasteiger partial charge in [-0.15, -0.1) is 0 Å². The number of allylic oxidation sites excluding steroid dienone is 10. The number of aliphatic hydroxyl groups is 3. The van der Waals surface area contributed by atoms with Crippen LogP contribution in [-0.2, 0) is 28.6 Å². The van der Waals surface area contributed by atoms with E-state index in [1.807, 2.05) is 39.8 Å². The summed E-state index contributed by atoms with van der Waals surface area (Å²) in [5, 5.41) is 37.5. The summed E-state index contributed by atoms with van der Waals surface area (Å²) in [6.07, 6.45) is 5.52. The number of nitrogens with zero attached hydrogens (tertiary/aromatic N) is 3. The van der Waals surface area contributed by atoms with Crippen molar-refractivity contribution < 1.29 is 43.9 Å². The lowest BCUT2D eigenvalue weighted by molar-refractivity contribution is -0.148. The molecule has 5 N–H and O–H groups in total. The maximum absolute atomic E-state index is 14.1. The van der Waals surface area contributed by atoms with E-state index in [0.29, 0.717) is 63.0 Å². The number of amides is 1. The van der Waals surface area contributed by atoms with Crippen molar-refractivity contribution in [2.24, 2.45) is 26.8 Å². The molecule has 1 amide bonds. The minimum atomic E-state index is -1.89. The van der Waals surface area contributed by atoms with Gasteiger partial charge in [0, 0.05) is 47.3 Å². The topological polar surface area (TPSA) is 201 Å². The Morgan fingerprint density at radius 3 is 2.36 bits per heavy atom. The Kier molecular flexibility index (Phi) is 12.3. The van der Waals surface area contributed by atoms with Crippen LogP contribution in [0.2, 0.25) is 0 Å². The number of esters is 2. The van der Waals surface area contributed by atoms with E-state index in [9.17, 15) is 24.6 Å². The summed E-state index contributed by atoms with van der Waals surface area (Å²) in [6, 6.07) is 0. The fourth-order valence-electron chi connectivity index (χ4n) is 7.10. The van der Waals surface area contributed by atoms with E-state index in [0.717, 1.165) is 24.5 Å². The van der Waals surface area contributed by atoms with Crippen molar-refractivity contribution in [3.63, 3.8) is 0 Å². The molecule has 282 valence electrons. The van der Waals surface area contributed by atoms with Gasteiger partial charge in [-0.3, -0.25) is 9.59 Å². The molecule has 14 heteroatoms. The zero-order valence-corrected chi connectivity index (χ0v) is 31.1. The largest absolute Gasteiger partial charge is 0.515 e. The number of nitrogens with one attached hydrogen (secondary N) is 2. The van der Waals surface area contributed by atoms with E-state index in [1.165, 1.54) is 7.11 Å². The number of fused-ring (bicyclic) bond motifs is 5. The normalized spacial score (nSPS) is 22.3. The van der Waals surface area contributed by atoms with Gasteiger partial charge in [0.1, 0.15) is 0 Å². The molecule has 0 aliphatic carbocycles. The van der Waals surface area contributed by atoms with Crippen molar-refractivity contribution in [1.29, 1.82) is 0 Å². The van der Waals surface area contributed by atoms with Crippen molar-refractivity contribution >= 4 is 35.0 Å². The molecule has 3 unspecified atom stereocenters. The maximum atomic E-state index is 14.1. The lowest BCUT2D eigenvalue weighted by atomic mass is 9.84. The lowest BCUT2D eigenvalue weighted by Crippen LogP contribution is -2.37. The first-order valence-corrected chi connectivity index (χ1v) is 17.6. The molecule has 1 fully saturated rings. The molecule has 0 aromatic heterocycles. The van der Waals surface area contributed by atoms with Crippen molar-refractivity contribution in [3.8, 4) is 0 Å². The summed E-state index contributed by atoms with van der Waals surface area (Å²) >= 11 is 0. The van der Waals surface area contributed by atoms with Gasteiger partial charge in [-0.1, -0.05) is 13.8 Å². The van der Waals surface area contributed by atoms with E-state index in [4.69, 9.17) is 34.3 Å². The summed E-state index contributed by atoms with van der Waals surface area (Å²) in [7, 11) is 2.46. The van der Waals surface area contributed by atoms with E-state index >= 15 is 0 Å². The predicted octanol–water partition coefficient (Wildman–Crippen LogP) is 3.50. The first-order chi connectivity index (χ1) is 25.4. The number of methoxy groups -OCH3 is 2. The number of carbonyl (C=O) groups is 3. The van der Waals surface area contributed by atoms with Crippen LogP contribution in [0.25, 0.3) is 0 Å². The minimum Gasteiger partial charge on any atom is -0.515 e. The van der Waals surface area contributed by atoms with Gasteiger partial charge in [0.15, 0.2) is 6.10 Å². The molecular weight excluding hydrogens is 682 g/mol. The van der Waals surface area contributed by atoms with Gasteiger partial charge in [-0.05, 0) is 74.1 Å². The number of rotatable bonds is 12. The third kappa shape index (κ3) is 7.66. The van der Waals surface area contributed by atoms with Crippen LogP contribution in [0.4, 0.5) is 0 Å². The Morgan fingerprint density at radius 2 is 1.70 bits per heavy atom. The molecule has 5 heterocycles. The molecule has 5 aliphatic rings. The average molecular weight is 730 g/mol. The summed E-state index contributed by atoms with van der Waals surface area (Å²) in [5.41, 5.74) is 7.60. The monoisotopic (exact) mass is 729 g/mol. The third-order valence-electron chi connectivity index (χ3n) is 10.1. The number of ether oxygens (including phenoxy) is 3. The van der Waals surface area contributed by atoms with Crippen molar-refractivity contribution in [1.82, 2.24) is 10.6 Å². The first-order valence-electron chi connectivity index (χ1n) is 17.6. The molecule has 0 aromatic rings. The number of carbonyl (C=O) groups excluding carboxylic acids is 3. The minimum absolute atomic E-state index is 0.0205. The Balaban J connectivity index is 1.83. The number of aliphatic imine (C=N–C) groups is 3. The standard InChI is InChI=1S/C39H47N5O9/c1-8-23-19(2)27-16-31-25(18-46)21(4)26(42-31)15-28-20(3)24(9-10-32(47)51-6)35(43-28)34(37(48)39(50)52-7)36-33(38(49)40-11-13-53-14-12-45)22(5)29(44-36)17-30(23)41-27/h15-18,20,24,37,43,45-46,48H,8-14H2,1-7H3,(H,40,49). The van der Waals surface area contributed by atoms with Crippen LogP contribution >= 0.6 is 0 Å². The quantitative estimate of drug-likeness (QED) is 0.113. The molecule has 0 saturated carbocycles. The van der Waals surface area contributed by atoms with E-state index in [1.54, 1.807) is 13.0 Å². The predicted molar refractivity (Wildman–Crippen MR) is 199 cm³/mol. The SMILES string of the molecule is CCC1=C(C)C2=CC3=NC(=C(C)C3=CO)C=C3NC(=C(C(O)C(=O)OC)C4=NC(=CC1=N2)C(C)=C4C(=O)NCCOCCO)C(CCC(=O)OC)C3C. The van der Waals surface area contributed by atoms with Crippen LogP contribution < -0.4 is 10.6 Å². The fraction of sp³-hybridized carbons (Fsp3) is 0.436. The molecule has 8 bridgehead atoms. The average Bonchev–Trinajstić information content (AvgIpc) is 3.82. The van der Waals surface area contributed by atoms with Crippen LogP contribution in [0.3, 0.4) is 0 Å². The highest BCUT2D eigenvalue weighted by Crippen LogP contribution is 2.43. The summed E-state index contributed by atoms with van der Waals surface area (Å²) in [4.78, 5) is 54.6. The summed E-state index contributed by atoms with van der Waals surface area (Å²) in [5.74, 6) is -2.74. The Hall–Kier alpha value is -5.18. The smallest absolute Gasteiger partial charge is 0.339 e. The van der Waals surface area contributed by atoms with Gasteiger partial charge in [-0.2, -0.15) is 0 Å². The van der Waals surface area contributed by atoms with Gasteiger partial charge in [0.25, 0.3) is 5.91 Å². The van der Waals surface area contributed by atoms with Crippen LogP contribution in [-0.4, -0.2) is 97.0 Å². The van der Waals surface area contributed by atoms with Gasteiger partial charge >= 0.3 is 11.9 Å². The van der Waals surface area contributed by atoms with Gasteiger partial charge in [-0.25, -0.2) is 19.8 Å². The second kappa shape index (κ2) is 16.7. The van der Waals surface area contributed by atoms with Gasteiger partial charge in [0.2, 0.25) is 0 Å². The van der Waals surface area contributed by atoms with Crippen LogP contribution in [0.1, 0.15) is 53.9 Å². The zero-order valence-electron chi connectivity index (χ0n) is 31.1.